The molecule has 4 heteroatoms. The van der Waals surface area contributed by atoms with E-state index in [1.54, 1.807) is 12.4 Å². The molecule has 0 aliphatic rings. The molecule has 0 fully saturated rings. The number of rotatable bonds is 5. The molecular weight excluding hydrogens is 296 g/mol. The zero-order valence-electron chi connectivity index (χ0n) is 14.6. The monoisotopic (exact) mass is 322 g/mol. The lowest BCUT2D eigenvalue weighted by atomic mass is 9.86. The summed E-state index contributed by atoms with van der Waals surface area (Å²) in [6.07, 6.45) is 8.43. The van der Waals surface area contributed by atoms with Crippen LogP contribution in [0.3, 0.4) is 0 Å². The molecular formula is C20H26N4. The SMILES string of the molecule is CC(C)(C)c1ccc(C(CC=Cc2ccncc2)N=C(N)N)cc1. The van der Waals surface area contributed by atoms with Crippen LogP contribution < -0.4 is 11.5 Å². The first-order valence-electron chi connectivity index (χ1n) is 8.12. The van der Waals surface area contributed by atoms with Gasteiger partial charge in [-0.1, -0.05) is 57.2 Å². The Morgan fingerprint density at radius 2 is 1.71 bits per heavy atom. The first-order valence-corrected chi connectivity index (χ1v) is 8.12. The van der Waals surface area contributed by atoms with Gasteiger partial charge < -0.3 is 11.5 Å². The molecule has 0 aliphatic heterocycles. The Morgan fingerprint density at radius 1 is 1.08 bits per heavy atom. The van der Waals surface area contributed by atoms with Crippen LogP contribution in [0, 0.1) is 0 Å². The topological polar surface area (TPSA) is 77.3 Å². The van der Waals surface area contributed by atoms with E-state index in [2.05, 4.69) is 67.2 Å². The molecule has 0 aliphatic carbocycles. The summed E-state index contributed by atoms with van der Waals surface area (Å²) in [5.74, 6) is 0.109. The second-order valence-electron chi connectivity index (χ2n) is 6.86. The summed E-state index contributed by atoms with van der Waals surface area (Å²) in [6, 6.07) is 12.4. The minimum Gasteiger partial charge on any atom is -0.370 e. The van der Waals surface area contributed by atoms with Crippen LogP contribution in [0.1, 0.15) is 49.9 Å². The molecule has 0 amide bonds. The van der Waals surface area contributed by atoms with Crippen LogP contribution >= 0.6 is 0 Å². The third kappa shape index (κ3) is 5.23. The lowest BCUT2D eigenvalue weighted by Crippen LogP contribution is -2.23. The molecule has 1 atom stereocenters. The van der Waals surface area contributed by atoms with Crippen molar-refractivity contribution < 1.29 is 0 Å². The first kappa shape index (κ1) is 17.7. The highest BCUT2D eigenvalue weighted by Gasteiger charge is 2.15. The van der Waals surface area contributed by atoms with Crippen molar-refractivity contribution in [1.29, 1.82) is 0 Å². The smallest absolute Gasteiger partial charge is 0.186 e. The molecule has 126 valence electrons. The highest BCUT2D eigenvalue weighted by atomic mass is 15.0. The standard InChI is InChI=1S/C20H26N4/c1-20(2,3)17-9-7-16(8-10-17)18(24-19(21)22)6-4-5-15-11-13-23-14-12-15/h4-5,7-14,18H,6H2,1-3H3,(H4,21,22,24). The van der Waals surface area contributed by atoms with Crippen molar-refractivity contribution in [3.05, 3.63) is 71.6 Å². The number of nitrogens with two attached hydrogens (primary N) is 2. The second kappa shape index (κ2) is 7.77. The quantitative estimate of drug-likeness (QED) is 0.649. The number of aromatic nitrogens is 1. The van der Waals surface area contributed by atoms with E-state index in [4.69, 9.17) is 11.5 Å². The van der Waals surface area contributed by atoms with Crippen molar-refractivity contribution in [3.63, 3.8) is 0 Å². The number of guanidine groups is 1. The first-order chi connectivity index (χ1) is 11.4. The Kier molecular flexibility index (Phi) is 5.74. The van der Waals surface area contributed by atoms with Gasteiger partial charge in [0, 0.05) is 12.4 Å². The summed E-state index contributed by atoms with van der Waals surface area (Å²) in [4.78, 5) is 8.39. The second-order valence-corrected chi connectivity index (χ2v) is 6.86. The summed E-state index contributed by atoms with van der Waals surface area (Å²) in [5, 5.41) is 0. The summed E-state index contributed by atoms with van der Waals surface area (Å²) in [7, 11) is 0. The Morgan fingerprint density at radius 3 is 2.25 bits per heavy atom. The zero-order chi connectivity index (χ0) is 17.6. The van der Waals surface area contributed by atoms with E-state index in [1.807, 2.05) is 12.1 Å². The number of hydrogen-bond acceptors (Lipinski definition) is 2. The van der Waals surface area contributed by atoms with Gasteiger partial charge in [0.1, 0.15) is 0 Å². The number of hydrogen-bond donors (Lipinski definition) is 2. The van der Waals surface area contributed by atoms with Gasteiger partial charge in [-0.05, 0) is 40.7 Å². The van der Waals surface area contributed by atoms with Crippen molar-refractivity contribution in [1.82, 2.24) is 4.98 Å². The molecule has 0 bridgehead atoms. The molecule has 0 saturated heterocycles. The van der Waals surface area contributed by atoms with E-state index in [0.717, 1.165) is 17.5 Å². The van der Waals surface area contributed by atoms with E-state index in [1.165, 1.54) is 5.56 Å². The van der Waals surface area contributed by atoms with Gasteiger partial charge in [0.05, 0.1) is 6.04 Å². The number of nitrogens with zero attached hydrogens (tertiary/aromatic N) is 2. The summed E-state index contributed by atoms with van der Waals surface area (Å²) in [6.45, 7) is 6.60. The van der Waals surface area contributed by atoms with Crippen LogP contribution in [0.5, 0.6) is 0 Å². The van der Waals surface area contributed by atoms with Crippen LogP contribution in [0.25, 0.3) is 6.08 Å². The Labute approximate surface area is 144 Å². The fraction of sp³-hybridized carbons (Fsp3) is 0.300. The van der Waals surface area contributed by atoms with E-state index in [-0.39, 0.29) is 17.4 Å². The van der Waals surface area contributed by atoms with Gasteiger partial charge in [-0.25, -0.2) is 4.99 Å². The maximum atomic E-state index is 5.61. The van der Waals surface area contributed by atoms with Crippen molar-refractivity contribution in [3.8, 4) is 0 Å². The van der Waals surface area contributed by atoms with Crippen molar-refractivity contribution in [2.24, 2.45) is 16.5 Å². The van der Waals surface area contributed by atoms with Crippen LogP contribution in [-0.2, 0) is 5.41 Å². The molecule has 1 aromatic heterocycles. The van der Waals surface area contributed by atoms with E-state index >= 15 is 0 Å². The molecule has 24 heavy (non-hydrogen) atoms. The minimum atomic E-state index is -0.0814. The van der Waals surface area contributed by atoms with E-state index in [9.17, 15) is 0 Å². The normalized spacial score (nSPS) is 13.0. The van der Waals surface area contributed by atoms with Gasteiger partial charge >= 0.3 is 0 Å². The molecule has 4 nitrogen and oxygen atoms in total. The fourth-order valence-corrected chi connectivity index (χ4v) is 2.46. The highest BCUT2D eigenvalue weighted by molar-refractivity contribution is 5.76. The van der Waals surface area contributed by atoms with Gasteiger partial charge in [-0.3, -0.25) is 4.98 Å². The molecule has 0 radical (unpaired) electrons. The van der Waals surface area contributed by atoms with Crippen molar-refractivity contribution >= 4 is 12.0 Å². The molecule has 4 N–H and O–H groups in total. The molecule has 2 aromatic rings. The predicted octanol–water partition coefficient (Wildman–Crippen LogP) is 3.80. The minimum absolute atomic E-state index is 0.0814. The van der Waals surface area contributed by atoms with E-state index < -0.39 is 0 Å². The lowest BCUT2D eigenvalue weighted by molar-refractivity contribution is 0.589. The molecule has 0 spiro atoms. The van der Waals surface area contributed by atoms with Crippen LogP contribution in [-0.4, -0.2) is 10.9 Å². The third-order valence-electron chi connectivity index (χ3n) is 3.84. The molecule has 2 rings (SSSR count). The average Bonchev–Trinajstić information content (AvgIpc) is 2.54. The van der Waals surface area contributed by atoms with Gasteiger partial charge in [0.25, 0.3) is 0 Å². The molecule has 0 saturated carbocycles. The molecule has 1 unspecified atom stereocenters. The Bertz CT molecular complexity index is 691. The van der Waals surface area contributed by atoms with E-state index in [0.29, 0.717) is 0 Å². The van der Waals surface area contributed by atoms with Gasteiger partial charge in [-0.2, -0.15) is 0 Å². The Balaban J connectivity index is 2.16. The van der Waals surface area contributed by atoms with Gasteiger partial charge in [-0.15, -0.1) is 0 Å². The molecule has 1 aromatic carbocycles. The van der Waals surface area contributed by atoms with Gasteiger partial charge in [0.2, 0.25) is 0 Å². The largest absolute Gasteiger partial charge is 0.370 e. The van der Waals surface area contributed by atoms with Crippen LogP contribution in [0.2, 0.25) is 0 Å². The Hall–Kier alpha value is -2.62. The lowest BCUT2D eigenvalue weighted by Gasteiger charge is -2.20. The maximum Gasteiger partial charge on any atom is 0.186 e. The van der Waals surface area contributed by atoms with Crippen LogP contribution in [0.15, 0.2) is 59.9 Å². The van der Waals surface area contributed by atoms with Gasteiger partial charge in [0.15, 0.2) is 5.96 Å². The molecule has 1 heterocycles. The number of benzene rings is 1. The van der Waals surface area contributed by atoms with Crippen LogP contribution in [0.4, 0.5) is 0 Å². The average molecular weight is 322 g/mol. The highest BCUT2D eigenvalue weighted by Crippen LogP contribution is 2.27. The predicted molar refractivity (Wildman–Crippen MR) is 102 cm³/mol. The third-order valence-corrected chi connectivity index (χ3v) is 3.84. The summed E-state index contributed by atoms with van der Waals surface area (Å²) < 4.78 is 0. The maximum absolute atomic E-state index is 5.61. The fourth-order valence-electron chi connectivity index (χ4n) is 2.46. The number of aliphatic imine (C=N–C) groups is 1. The van der Waals surface area contributed by atoms with Crippen molar-refractivity contribution in [2.75, 3.05) is 0 Å². The number of pyridine rings is 1. The summed E-state index contributed by atoms with van der Waals surface area (Å²) in [5.41, 5.74) is 14.9. The van der Waals surface area contributed by atoms with Crippen molar-refractivity contribution in [2.45, 2.75) is 38.6 Å². The summed E-state index contributed by atoms with van der Waals surface area (Å²) >= 11 is 0. The zero-order valence-corrected chi connectivity index (χ0v) is 14.6.